The molecule has 0 aliphatic heterocycles. The fourth-order valence-corrected chi connectivity index (χ4v) is 1.91. The van der Waals surface area contributed by atoms with E-state index in [-0.39, 0.29) is 11.1 Å². The minimum absolute atomic E-state index is 0.0522. The molecule has 1 unspecified atom stereocenters. The Morgan fingerprint density at radius 3 is 2.35 bits per heavy atom. The molecule has 0 radical (unpaired) electrons. The Kier molecular flexibility index (Phi) is 4.49. The second kappa shape index (κ2) is 6.13. The third-order valence-corrected chi connectivity index (χ3v) is 3.00. The van der Waals surface area contributed by atoms with Crippen molar-refractivity contribution in [3.05, 3.63) is 70.2 Å². The molecule has 0 aliphatic carbocycles. The number of benzene rings is 2. The third-order valence-electron chi connectivity index (χ3n) is 2.75. The van der Waals surface area contributed by atoms with Gasteiger partial charge in [0.2, 0.25) is 0 Å². The molecule has 3 N–H and O–H groups in total. The number of hydrogen-bond acceptors (Lipinski definition) is 2. The van der Waals surface area contributed by atoms with Crippen LogP contribution >= 0.6 is 11.6 Å². The van der Waals surface area contributed by atoms with Crippen molar-refractivity contribution in [2.75, 3.05) is 0 Å². The Labute approximate surface area is 120 Å². The average molecular weight is 296 g/mol. The molecule has 20 heavy (non-hydrogen) atoms. The smallest absolute Gasteiger partial charge is 0.133 e. The summed E-state index contributed by atoms with van der Waals surface area (Å²) in [6.45, 7) is 0. The van der Waals surface area contributed by atoms with E-state index in [0.717, 1.165) is 12.1 Å². The van der Waals surface area contributed by atoms with E-state index in [1.54, 1.807) is 24.3 Å². The molecule has 0 heterocycles. The molecule has 2 aromatic rings. The summed E-state index contributed by atoms with van der Waals surface area (Å²) in [5.41, 5.74) is 6.36. The molecule has 0 fully saturated rings. The van der Waals surface area contributed by atoms with Crippen molar-refractivity contribution in [1.29, 1.82) is 0 Å². The van der Waals surface area contributed by atoms with Gasteiger partial charge in [-0.05, 0) is 35.9 Å². The van der Waals surface area contributed by atoms with Crippen molar-refractivity contribution in [1.82, 2.24) is 0 Å². The van der Waals surface area contributed by atoms with E-state index in [9.17, 15) is 13.9 Å². The van der Waals surface area contributed by atoms with Crippen molar-refractivity contribution < 1.29 is 13.9 Å². The van der Waals surface area contributed by atoms with Crippen LogP contribution in [-0.2, 0) is 0 Å². The predicted octanol–water partition coefficient (Wildman–Crippen LogP) is 3.44. The summed E-state index contributed by atoms with van der Waals surface area (Å²) in [4.78, 5) is 0. The molecule has 2 aromatic carbocycles. The second-order valence-electron chi connectivity index (χ2n) is 4.22. The molecule has 0 saturated heterocycles. The molecular weight excluding hydrogens is 284 g/mol. The lowest BCUT2D eigenvalue weighted by Gasteiger charge is -2.12. The highest BCUT2D eigenvalue weighted by Crippen LogP contribution is 2.24. The first kappa shape index (κ1) is 14.7. The molecule has 5 heteroatoms. The van der Waals surface area contributed by atoms with Crippen LogP contribution in [0.4, 0.5) is 8.78 Å². The van der Waals surface area contributed by atoms with E-state index in [2.05, 4.69) is 0 Å². The molecule has 0 aliphatic rings. The van der Waals surface area contributed by atoms with Crippen molar-refractivity contribution in [3.63, 3.8) is 0 Å². The normalized spacial score (nSPS) is 13.3. The van der Waals surface area contributed by atoms with Crippen LogP contribution in [0.5, 0.6) is 0 Å². The van der Waals surface area contributed by atoms with Crippen LogP contribution in [0, 0.1) is 11.6 Å². The Morgan fingerprint density at radius 1 is 1.15 bits per heavy atom. The zero-order valence-electron chi connectivity index (χ0n) is 10.4. The van der Waals surface area contributed by atoms with Crippen LogP contribution < -0.4 is 5.73 Å². The van der Waals surface area contributed by atoms with Gasteiger partial charge in [0.25, 0.3) is 0 Å². The molecule has 0 aromatic heterocycles. The largest absolute Gasteiger partial charge is 0.375 e. The van der Waals surface area contributed by atoms with Crippen molar-refractivity contribution in [2.45, 2.75) is 6.23 Å². The highest BCUT2D eigenvalue weighted by atomic mass is 35.5. The topological polar surface area (TPSA) is 46.2 Å². The average Bonchev–Trinajstić information content (AvgIpc) is 2.39. The van der Waals surface area contributed by atoms with E-state index >= 15 is 0 Å². The number of halogens is 3. The van der Waals surface area contributed by atoms with Gasteiger partial charge in [-0.2, -0.15) is 0 Å². The standard InChI is InChI=1S/C15H12ClF2NO/c16-10-3-1-9(2-4-10)7-13(15(19)20)12-6-5-11(17)8-14(12)18/h1-8,15,20H,19H2/b13-7+. The summed E-state index contributed by atoms with van der Waals surface area (Å²) in [7, 11) is 0. The molecule has 1 atom stereocenters. The summed E-state index contributed by atoms with van der Waals surface area (Å²) in [5, 5.41) is 10.2. The predicted molar refractivity (Wildman–Crippen MR) is 75.9 cm³/mol. The minimum Gasteiger partial charge on any atom is -0.375 e. The summed E-state index contributed by atoms with van der Waals surface area (Å²) < 4.78 is 26.7. The third kappa shape index (κ3) is 3.42. The fraction of sp³-hybridized carbons (Fsp3) is 0.0667. The summed E-state index contributed by atoms with van der Waals surface area (Å²) in [5.74, 6) is -1.47. The first-order chi connectivity index (χ1) is 9.47. The van der Waals surface area contributed by atoms with E-state index in [1.165, 1.54) is 12.1 Å². The molecule has 2 nitrogen and oxygen atoms in total. The molecule has 0 amide bonds. The molecule has 104 valence electrons. The van der Waals surface area contributed by atoms with Crippen molar-refractivity contribution >= 4 is 23.3 Å². The lowest BCUT2D eigenvalue weighted by molar-refractivity contribution is 0.241. The second-order valence-corrected chi connectivity index (χ2v) is 4.66. The van der Waals surface area contributed by atoms with Gasteiger partial charge in [-0.15, -0.1) is 0 Å². The quantitative estimate of drug-likeness (QED) is 0.673. The lowest BCUT2D eigenvalue weighted by Crippen LogP contribution is -2.21. The van der Waals surface area contributed by atoms with Crippen LogP contribution in [0.15, 0.2) is 42.5 Å². The maximum Gasteiger partial charge on any atom is 0.133 e. The molecule has 2 rings (SSSR count). The van der Waals surface area contributed by atoms with Crippen LogP contribution in [0.1, 0.15) is 11.1 Å². The number of hydrogen-bond donors (Lipinski definition) is 2. The van der Waals surface area contributed by atoms with Crippen LogP contribution in [0.25, 0.3) is 11.6 Å². The van der Waals surface area contributed by atoms with E-state index in [1.807, 2.05) is 0 Å². The van der Waals surface area contributed by atoms with Crippen LogP contribution in [0.2, 0.25) is 5.02 Å². The molecule has 0 spiro atoms. The number of aliphatic hydroxyl groups excluding tert-OH is 1. The van der Waals surface area contributed by atoms with Gasteiger partial charge in [0, 0.05) is 22.2 Å². The van der Waals surface area contributed by atoms with E-state index < -0.39 is 17.9 Å². The zero-order valence-corrected chi connectivity index (χ0v) is 11.1. The van der Waals surface area contributed by atoms with E-state index in [4.69, 9.17) is 17.3 Å². The first-order valence-corrected chi connectivity index (χ1v) is 6.21. The number of rotatable bonds is 3. The van der Waals surface area contributed by atoms with Crippen LogP contribution in [0.3, 0.4) is 0 Å². The lowest BCUT2D eigenvalue weighted by atomic mass is 10.0. The van der Waals surface area contributed by atoms with Gasteiger partial charge < -0.3 is 10.8 Å². The van der Waals surface area contributed by atoms with Crippen LogP contribution in [-0.4, -0.2) is 11.3 Å². The summed E-state index contributed by atoms with van der Waals surface area (Å²) >= 11 is 5.77. The summed E-state index contributed by atoms with van der Waals surface area (Å²) in [6.07, 6.45) is 0.141. The maximum absolute atomic E-state index is 13.8. The zero-order chi connectivity index (χ0) is 14.7. The Bertz CT molecular complexity index is 639. The van der Waals surface area contributed by atoms with Gasteiger partial charge >= 0.3 is 0 Å². The maximum atomic E-state index is 13.8. The Hall–Kier alpha value is -1.75. The highest BCUT2D eigenvalue weighted by molar-refractivity contribution is 6.30. The molecule has 0 bridgehead atoms. The van der Waals surface area contributed by atoms with Crippen molar-refractivity contribution in [2.24, 2.45) is 5.73 Å². The van der Waals surface area contributed by atoms with Gasteiger partial charge in [-0.25, -0.2) is 8.78 Å². The monoisotopic (exact) mass is 295 g/mol. The SMILES string of the molecule is NC(O)/C(=C/c1ccc(Cl)cc1)c1ccc(F)cc1F. The van der Waals surface area contributed by atoms with Gasteiger partial charge in [-0.1, -0.05) is 23.7 Å². The Balaban J connectivity index is 2.48. The highest BCUT2D eigenvalue weighted by Gasteiger charge is 2.14. The molecular formula is C15H12ClF2NO. The van der Waals surface area contributed by atoms with Crippen molar-refractivity contribution in [3.8, 4) is 0 Å². The number of nitrogens with two attached hydrogens (primary N) is 1. The fourth-order valence-electron chi connectivity index (χ4n) is 1.78. The minimum atomic E-state index is -1.38. The van der Waals surface area contributed by atoms with Gasteiger partial charge in [-0.3, -0.25) is 0 Å². The Morgan fingerprint density at radius 2 is 1.80 bits per heavy atom. The first-order valence-electron chi connectivity index (χ1n) is 5.83. The van der Waals surface area contributed by atoms with Gasteiger partial charge in [0.15, 0.2) is 0 Å². The van der Waals surface area contributed by atoms with Gasteiger partial charge in [0.05, 0.1) is 0 Å². The number of aliphatic hydroxyl groups is 1. The van der Waals surface area contributed by atoms with Gasteiger partial charge in [0.1, 0.15) is 17.9 Å². The van der Waals surface area contributed by atoms with E-state index in [0.29, 0.717) is 10.6 Å². The molecule has 0 saturated carbocycles. The summed E-state index contributed by atoms with van der Waals surface area (Å²) in [6, 6.07) is 9.81.